The predicted octanol–water partition coefficient (Wildman–Crippen LogP) is 3.89. The summed E-state index contributed by atoms with van der Waals surface area (Å²) in [6.07, 6.45) is 7.00. The number of benzene rings is 1. The number of nitrogens with zero attached hydrogens (tertiary/aromatic N) is 2. The van der Waals surface area contributed by atoms with Crippen LogP contribution < -0.4 is 5.32 Å². The largest absolute Gasteiger partial charge is 0.385 e. The summed E-state index contributed by atoms with van der Waals surface area (Å²) in [5, 5.41) is 3.31. The Balaban J connectivity index is 1.57. The highest BCUT2D eigenvalue weighted by Crippen LogP contribution is 2.15. The Bertz CT molecular complexity index is 694. The molecule has 3 rings (SSSR count). The average molecular weight is 341 g/mol. The second-order valence-electron chi connectivity index (χ2n) is 6.44. The molecule has 1 aromatic heterocycles. The van der Waals surface area contributed by atoms with Crippen LogP contribution in [0.4, 0.5) is 10.1 Å². The lowest BCUT2D eigenvalue weighted by molar-refractivity contribution is 0.0756. The van der Waals surface area contributed by atoms with Crippen LogP contribution in [0.5, 0.6) is 0 Å². The van der Waals surface area contributed by atoms with Gasteiger partial charge in [-0.1, -0.05) is 25.0 Å². The average Bonchev–Trinajstić information content (AvgIpc) is 2.92. The fourth-order valence-electron chi connectivity index (χ4n) is 3.10. The summed E-state index contributed by atoms with van der Waals surface area (Å²) < 4.78 is 12.9. The first-order valence-corrected chi connectivity index (χ1v) is 8.96. The van der Waals surface area contributed by atoms with Crippen LogP contribution in [0.25, 0.3) is 0 Å². The van der Waals surface area contributed by atoms with Crippen molar-refractivity contribution in [2.45, 2.75) is 32.1 Å². The molecule has 2 aromatic rings. The molecule has 2 heterocycles. The molecule has 1 aliphatic heterocycles. The number of carbonyl (C=O) groups is 1. The molecule has 1 aromatic carbocycles. The normalized spacial score (nSPS) is 14.8. The van der Waals surface area contributed by atoms with Crippen LogP contribution in [0.3, 0.4) is 0 Å². The molecule has 132 valence electrons. The third-order valence-electron chi connectivity index (χ3n) is 4.53. The molecular formula is C20H24FN3O. The molecule has 0 aliphatic carbocycles. The van der Waals surface area contributed by atoms with Gasteiger partial charge in [0.2, 0.25) is 0 Å². The Morgan fingerprint density at radius 1 is 1.08 bits per heavy atom. The lowest BCUT2D eigenvalue weighted by Crippen LogP contribution is -2.32. The first-order valence-electron chi connectivity index (χ1n) is 8.96. The number of likely N-dealkylation sites (tertiary alicyclic amines) is 1. The summed E-state index contributed by atoms with van der Waals surface area (Å²) >= 11 is 0. The van der Waals surface area contributed by atoms with E-state index >= 15 is 0 Å². The van der Waals surface area contributed by atoms with Crippen molar-refractivity contribution in [3.8, 4) is 0 Å². The van der Waals surface area contributed by atoms with Crippen molar-refractivity contribution in [1.29, 1.82) is 0 Å². The first-order chi connectivity index (χ1) is 12.2. The molecule has 25 heavy (non-hydrogen) atoms. The van der Waals surface area contributed by atoms with Gasteiger partial charge in [0.15, 0.2) is 0 Å². The minimum atomic E-state index is -0.220. The molecule has 1 saturated heterocycles. The number of pyridine rings is 1. The van der Waals surface area contributed by atoms with E-state index in [0.29, 0.717) is 12.2 Å². The van der Waals surface area contributed by atoms with Crippen molar-refractivity contribution in [3.63, 3.8) is 0 Å². The van der Waals surface area contributed by atoms with E-state index in [1.807, 2.05) is 17.0 Å². The van der Waals surface area contributed by atoms with Crippen molar-refractivity contribution >= 4 is 11.6 Å². The van der Waals surface area contributed by atoms with Crippen LogP contribution in [-0.2, 0) is 6.42 Å². The number of halogens is 1. The van der Waals surface area contributed by atoms with E-state index < -0.39 is 0 Å². The standard InChI is InChI=1S/C20H24FN3O/c21-17-7-5-16(6-8-17)9-11-22-18-10-12-23-19(15-18)20(25)24-13-3-1-2-4-14-24/h5-8,10,12,15H,1-4,9,11,13-14H2,(H,22,23). The molecule has 0 spiro atoms. The van der Waals surface area contributed by atoms with Gasteiger partial charge < -0.3 is 10.2 Å². The van der Waals surface area contributed by atoms with Gasteiger partial charge in [-0.3, -0.25) is 9.78 Å². The molecular weight excluding hydrogens is 317 g/mol. The molecule has 0 atom stereocenters. The van der Waals surface area contributed by atoms with Crippen LogP contribution >= 0.6 is 0 Å². The van der Waals surface area contributed by atoms with Gasteiger partial charge in [0.05, 0.1) is 0 Å². The number of rotatable bonds is 5. The van der Waals surface area contributed by atoms with Crippen LogP contribution in [0.1, 0.15) is 41.7 Å². The van der Waals surface area contributed by atoms with Crippen LogP contribution in [-0.4, -0.2) is 35.4 Å². The minimum Gasteiger partial charge on any atom is -0.385 e. The van der Waals surface area contributed by atoms with Gasteiger partial charge in [0, 0.05) is 31.5 Å². The summed E-state index contributed by atoms with van der Waals surface area (Å²) in [6, 6.07) is 10.2. The zero-order valence-corrected chi connectivity index (χ0v) is 14.4. The Labute approximate surface area is 148 Å². The Kier molecular flexibility index (Phi) is 5.99. The second kappa shape index (κ2) is 8.60. The number of anilines is 1. The lowest BCUT2D eigenvalue weighted by atomic mass is 10.1. The predicted molar refractivity (Wildman–Crippen MR) is 97.2 cm³/mol. The number of carbonyl (C=O) groups excluding carboxylic acids is 1. The maximum absolute atomic E-state index is 12.9. The van der Waals surface area contributed by atoms with Crippen molar-refractivity contribution < 1.29 is 9.18 Å². The number of aromatic nitrogens is 1. The summed E-state index contributed by atoms with van der Waals surface area (Å²) in [5.41, 5.74) is 2.45. The quantitative estimate of drug-likeness (QED) is 0.897. The molecule has 1 amide bonds. The zero-order valence-electron chi connectivity index (χ0n) is 14.4. The molecule has 1 aliphatic rings. The molecule has 1 N–H and O–H groups in total. The molecule has 5 heteroatoms. The Hall–Kier alpha value is -2.43. The Morgan fingerprint density at radius 2 is 1.80 bits per heavy atom. The fourth-order valence-corrected chi connectivity index (χ4v) is 3.10. The van der Waals surface area contributed by atoms with E-state index in [2.05, 4.69) is 10.3 Å². The first kappa shape index (κ1) is 17.4. The van der Waals surface area contributed by atoms with E-state index in [9.17, 15) is 9.18 Å². The highest BCUT2D eigenvalue weighted by Gasteiger charge is 2.18. The Morgan fingerprint density at radius 3 is 2.52 bits per heavy atom. The number of amides is 1. The van der Waals surface area contributed by atoms with E-state index in [0.717, 1.165) is 43.6 Å². The fraction of sp³-hybridized carbons (Fsp3) is 0.400. The van der Waals surface area contributed by atoms with Crippen molar-refractivity contribution in [1.82, 2.24) is 9.88 Å². The molecule has 4 nitrogen and oxygen atoms in total. The smallest absolute Gasteiger partial charge is 0.272 e. The third-order valence-corrected chi connectivity index (χ3v) is 4.53. The van der Waals surface area contributed by atoms with Gasteiger partial charge in [0.1, 0.15) is 11.5 Å². The molecule has 0 saturated carbocycles. The van der Waals surface area contributed by atoms with Gasteiger partial charge in [-0.25, -0.2) is 4.39 Å². The second-order valence-corrected chi connectivity index (χ2v) is 6.44. The van der Waals surface area contributed by atoms with E-state index in [1.165, 1.54) is 25.0 Å². The number of hydrogen-bond acceptors (Lipinski definition) is 3. The maximum Gasteiger partial charge on any atom is 0.272 e. The van der Waals surface area contributed by atoms with Crippen molar-refractivity contribution in [2.75, 3.05) is 25.0 Å². The maximum atomic E-state index is 12.9. The molecule has 0 unspecified atom stereocenters. The highest BCUT2D eigenvalue weighted by molar-refractivity contribution is 5.93. The summed E-state index contributed by atoms with van der Waals surface area (Å²) in [4.78, 5) is 18.8. The monoisotopic (exact) mass is 341 g/mol. The van der Waals surface area contributed by atoms with E-state index in [1.54, 1.807) is 18.3 Å². The van der Waals surface area contributed by atoms with Crippen molar-refractivity contribution in [3.05, 3.63) is 59.7 Å². The lowest BCUT2D eigenvalue weighted by Gasteiger charge is -2.20. The molecule has 0 radical (unpaired) electrons. The van der Waals surface area contributed by atoms with E-state index in [4.69, 9.17) is 0 Å². The van der Waals surface area contributed by atoms with Gasteiger partial charge >= 0.3 is 0 Å². The van der Waals surface area contributed by atoms with Crippen molar-refractivity contribution in [2.24, 2.45) is 0 Å². The van der Waals surface area contributed by atoms with Gasteiger partial charge in [-0.05, 0) is 49.1 Å². The SMILES string of the molecule is O=C(c1cc(NCCc2ccc(F)cc2)ccn1)N1CCCCCC1. The topological polar surface area (TPSA) is 45.2 Å². The van der Waals surface area contributed by atoms with Gasteiger partial charge in [-0.15, -0.1) is 0 Å². The van der Waals surface area contributed by atoms with Crippen LogP contribution in [0, 0.1) is 5.82 Å². The van der Waals surface area contributed by atoms with Gasteiger partial charge in [0.25, 0.3) is 5.91 Å². The summed E-state index contributed by atoms with van der Waals surface area (Å²) in [7, 11) is 0. The zero-order chi connectivity index (χ0) is 17.5. The molecule has 1 fully saturated rings. The van der Waals surface area contributed by atoms with E-state index in [-0.39, 0.29) is 11.7 Å². The van der Waals surface area contributed by atoms with Gasteiger partial charge in [-0.2, -0.15) is 0 Å². The summed E-state index contributed by atoms with van der Waals surface area (Å²) in [6.45, 7) is 2.36. The number of hydrogen-bond donors (Lipinski definition) is 1. The minimum absolute atomic E-state index is 0.0177. The van der Waals surface area contributed by atoms with Crippen LogP contribution in [0.2, 0.25) is 0 Å². The van der Waals surface area contributed by atoms with Crippen LogP contribution in [0.15, 0.2) is 42.6 Å². The highest BCUT2D eigenvalue weighted by atomic mass is 19.1. The molecule has 0 bridgehead atoms. The summed E-state index contributed by atoms with van der Waals surface area (Å²) in [5.74, 6) is -0.202. The number of nitrogens with one attached hydrogen (secondary N) is 1. The third kappa shape index (κ3) is 5.02.